The molecule has 1 atom stereocenters. The molecule has 0 spiro atoms. The molecule has 0 bridgehead atoms. The topological polar surface area (TPSA) is 84.3 Å². The zero-order chi connectivity index (χ0) is 21.8. The van der Waals surface area contributed by atoms with Gasteiger partial charge in [0.2, 0.25) is 11.8 Å². The molecular formula is C23H23FN4O3. The Bertz CT molecular complexity index is 1160. The second-order valence-electron chi connectivity index (χ2n) is 7.68. The second kappa shape index (κ2) is 9.07. The lowest BCUT2D eigenvalue weighted by Crippen LogP contribution is -2.50. The van der Waals surface area contributed by atoms with Crippen molar-refractivity contribution in [3.63, 3.8) is 0 Å². The Morgan fingerprint density at radius 3 is 2.58 bits per heavy atom. The van der Waals surface area contributed by atoms with Crippen molar-refractivity contribution >= 4 is 22.7 Å². The summed E-state index contributed by atoms with van der Waals surface area (Å²) in [5, 5.41) is 2.89. The highest BCUT2D eigenvalue weighted by atomic mass is 19.1. The summed E-state index contributed by atoms with van der Waals surface area (Å²) in [6, 6.07) is 12.5. The Morgan fingerprint density at radius 2 is 1.84 bits per heavy atom. The number of aromatic nitrogens is 2. The van der Waals surface area contributed by atoms with Crippen LogP contribution in [0.25, 0.3) is 10.9 Å². The van der Waals surface area contributed by atoms with Crippen LogP contribution < -0.4 is 10.9 Å². The van der Waals surface area contributed by atoms with E-state index in [1.54, 1.807) is 4.90 Å². The molecule has 0 radical (unpaired) electrons. The Balaban J connectivity index is 1.53. The van der Waals surface area contributed by atoms with E-state index in [4.69, 9.17) is 0 Å². The van der Waals surface area contributed by atoms with Gasteiger partial charge in [-0.15, -0.1) is 0 Å². The number of carbonyl (C=O) groups is 2. The van der Waals surface area contributed by atoms with Crippen molar-refractivity contribution in [2.24, 2.45) is 0 Å². The fourth-order valence-corrected chi connectivity index (χ4v) is 3.85. The molecule has 0 aliphatic carbocycles. The summed E-state index contributed by atoms with van der Waals surface area (Å²) in [6.45, 7) is 1.05. The molecule has 2 aromatic carbocycles. The highest BCUT2D eigenvalue weighted by Gasteiger charge is 2.28. The van der Waals surface area contributed by atoms with Crippen molar-refractivity contribution in [2.45, 2.75) is 31.8 Å². The molecule has 2 heterocycles. The normalized spacial score (nSPS) is 14.5. The van der Waals surface area contributed by atoms with Crippen LogP contribution in [-0.2, 0) is 22.6 Å². The molecule has 0 saturated carbocycles. The average molecular weight is 422 g/mol. The minimum atomic E-state index is -0.727. The zero-order valence-corrected chi connectivity index (χ0v) is 17.0. The highest BCUT2D eigenvalue weighted by Crippen LogP contribution is 2.13. The van der Waals surface area contributed by atoms with Crippen LogP contribution in [0.15, 0.2) is 59.7 Å². The monoisotopic (exact) mass is 422 g/mol. The summed E-state index contributed by atoms with van der Waals surface area (Å²) in [5.41, 5.74) is 0.778. The standard InChI is InChI=1S/C23H23FN4O3/c24-17-8-9-19-18(13-17)22(30)28(15-25-19)14-21(29)26-20(12-16-6-2-1-3-7-16)23(31)27-10-4-5-11-27/h1-3,6-9,13,15,20H,4-5,10-12,14H2,(H,26,29). The number of carbonyl (C=O) groups excluding carboxylic acids is 2. The summed E-state index contributed by atoms with van der Waals surface area (Å²) in [7, 11) is 0. The van der Waals surface area contributed by atoms with Crippen molar-refractivity contribution in [3.8, 4) is 0 Å². The van der Waals surface area contributed by atoms with Crippen LogP contribution in [0.4, 0.5) is 4.39 Å². The first-order valence-electron chi connectivity index (χ1n) is 10.3. The van der Waals surface area contributed by atoms with Crippen molar-refractivity contribution < 1.29 is 14.0 Å². The van der Waals surface area contributed by atoms with Gasteiger partial charge in [0.15, 0.2) is 0 Å². The third kappa shape index (κ3) is 4.79. The molecule has 160 valence electrons. The Labute approximate surface area is 178 Å². The fourth-order valence-electron chi connectivity index (χ4n) is 3.85. The van der Waals surface area contributed by atoms with Gasteiger partial charge in [0.05, 0.1) is 17.2 Å². The van der Waals surface area contributed by atoms with Crippen LogP contribution in [0.3, 0.4) is 0 Å². The number of fused-ring (bicyclic) bond motifs is 1. The molecule has 7 nitrogen and oxygen atoms in total. The number of benzene rings is 2. The average Bonchev–Trinajstić information content (AvgIpc) is 3.31. The number of amides is 2. The van der Waals surface area contributed by atoms with E-state index < -0.39 is 23.3 Å². The fraction of sp³-hybridized carbons (Fsp3) is 0.304. The van der Waals surface area contributed by atoms with Crippen molar-refractivity contribution in [3.05, 3.63) is 76.6 Å². The molecule has 1 saturated heterocycles. The molecule has 1 unspecified atom stereocenters. The second-order valence-corrected chi connectivity index (χ2v) is 7.68. The van der Waals surface area contributed by atoms with Crippen molar-refractivity contribution in [1.82, 2.24) is 19.8 Å². The van der Waals surface area contributed by atoms with Crippen LogP contribution >= 0.6 is 0 Å². The number of nitrogens with zero attached hydrogens (tertiary/aromatic N) is 3. The number of nitrogens with one attached hydrogen (secondary N) is 1. The molecule has 1 aliphatic rings. The SMILES string of the molecule is O=C(Cn1cnc2ccc(F)cc2c1=O)NC(Cc1ccccc1)C(=O)N1CCCC1. The third-order valence-electron chi connectivity index (χ3n) is 5.43. The predicted octanol–water partition coefficient (Wildman–Crippen LogP) is 1.89. The van der Waals surface area contributed by atoms with E-state index in [9.17, 15) is 18.8 Å². The maximum atomic E-state index is 13.5. The first kappa shape index (κ1) is 20.7. The van der Waals surface area contributed by atoms with E-state index in [1.165, 1.54) is 18.5 Å². The zero-order valence-electron chi connectivity index (χ0n) is 17.0. The first-order valence-corrected chi connectivity index (χ1v) is 10.3. The number of likely N-dealkylation sites (tertiary alicyclic amines) is 1. The maximum Gasteiger partial charge on any atom is 0.261 e. The lowest BCUT2D eigenvalue weighted by atomic mass is 10.0. The van der Waals surface area contributed by atoms with Gasteiger partial charge in [0, 0.05) is 19.5 Å². The Hall–Kier alpha value is -3.55. The minimum Gasteiger partial charge on any atom is -0.342 e. The van der Waals surface area contributed by atoms with Gasteiger partial charge in [0.1, 0.15) is 18.4 Å². The molecule has 1 aromatic heterocycles. The van der Waals surface area contributed by atoms with Gasteiger partial charge < -0.3 is 10.2 Å². The Morgan fingerprint density at radius 1 is 1.10 bits per heavy atom. The number of halogens is 1. The van der Waals surface area contributed by atoms with Gasteiger partial charge in [-0.1, -0.05) is 30.3 Å². The molecule has 1 N–H and O–H groups in total. The van der Waals surface area contributed by atoms with Crippen molar-refractivity contribution in [1.29, 1.82) is 0 Å². The van der Waals surface area contributed by atoms with Gasteiger partial charge in [0.25, 0.3) is 5.56 Å². The molecule has 31 heavy (non-hydrogen) atoms. The number of hydrogen-bond donors (Lipinski definition) is 1. The van der Waals surface area contributed by atoms with Crippen LogP contribution in [0.5, 0.6) is 0 Å². The maximum absolute atomic E-state index is 13.5. The van der Waals surface area contributed by atoms with E-state index in [2.05, 4.69) is 10.3 Å². The van der Waals surface area contributed by atoms with Crippen LogP contribution in [0, 0.1) is 5.82 Å². The largest absolute Gasteiger partial charge is 0.342 e. The lowest BCUT2D eigenvalue weighted by Gasteiger charge is -2.24. The Kier molecular flexibility index (Phi) is 6.06. The van der Waals surface area contributed by atoms with Gasteiger partial charge in [-0.25, -0.2) is 9.37 Å². The van der Waals surface area contributed by atoms with E-state index >= 15 is 0 Å². The highest BCUT2D eigenvalue weighted by molar-refractivity contribution is 5.88. The van der Waals surface area contributed by atoms with E-state index in [-0.39, 0.29) is 17.8 Å². The van der Waals surface area contributed by atoms with Crippen LogP contribution in [-0.4, -0.2) is 45.4 Å². The van der Waals surface area contributed by atoms with Gasteiger partial charge in [-0.05, 0) is 36.6 Å². The van der Waals surface area contributed by atoms with Crippen LogP contribution in [0.2, 0.25) is 0 Å². The molecule has 3 aromatic rings. The first-order chi connectivity index (χ1) is 15.0. The quantitative estimate of drug-likeness (QED) is 0.658. The molecular weight excluding hydrogens is 399 g/mol. The number of hydrogen-bond acceptors (Lipinski definition) is 4. The smallest absolute Gasteiger partial charge is 0.261 e. The predicted molar refractivity (Wildman–Crippen MR) is 114 cm³/mol. The lowest BCUT2D eigenvalue weighted by molar-refractivity contribution is -0.135. The molecule has 2 amide bonds. The summed E-state index contributed by atoms with van der Waals surface area (Å²) in [5.74, 6) is -1.15. The summed E-state index contributed by atoms with van der Waals surface area (Å²) < 4.78 is 14.7. The molecule has 1 fully saturated rings. The molecule has 8 heteroatoms. The van der Waals surface area contributed by atoms with Gasteiger partial charge in [-0.3, -0.25) is 19.0 Å². The van der Waals surface area contributed by atoms with E-state index in [0.29, 0.717) is 25.0 Å². The number of rotatable bonds is 6. The van der Waals surface area contributed by atoms with Gasteiger partial charge >= 0.3 is 0 Å². The van der Waals surface area contributed by atoms with Crippen LogP contribution in [0.1, 0.15) is 18.4 Å². The minimum absolute atomic E-state index is 0.101. The molecule has 1 aliphatic heterocycles. The summed E-state index contributed by atoms with van der Waals surface area (Å²) in [6.07, 6.45) is 3.52. The summed E-state index contributed by atoms with van der Waals surface area (Å²) in [4.78, 5) is 44.3. The third-order valence-corrected chi connectivity index (χ3v) is 5.43. The van der Waals surface area contributed by atoms with Gasteiger partial charge in [-0.2, -0.15) is 0 Å². The summed E-state index contributed by atoms with van der Waals surface area (Å²) >= 11 is 0. The van der Waals surface area contributed by atoms with Crippen molar-refractivity contribution in [2.75, 3.05) is 13.1 Å². The van der Waals surface area contributed by atoms with E-state index in [0.717, 1.165) is 29.0 Å². The molecule has 4 rings (SSSR count). The van der Waals surface area contributed by atoms with E-state index in [1.807, 2.05) is 30.3 Å².